The van der Waals surface area contributed by atoms with Gasteiger partial charge in [0.05, 0.1) is 18.6 Å². The minimum Gasteiger partial charge on any atom is -0.463 e. The van der Waals surface area contributed by atoms with Crippen molar-refractivity contribution in [3.63, 3.8) is 0 Å². The van der Waals surface area contributed by atoms with Gasteiger partial charge < -0.3 is 9.47 Å². The van der Waals surface area contributed by atoms with Crippen LogP contribution in [-0.2, 0) is 14.3 Å². The number of esters is 1. The van der Waals surface area contributed by atoms with E-state index in [-0.39, 0.29) is 5.97 Å². The van der Waals surface area contributed by atoms with E-state index in [2.05, 4.69) is 25.2 Å². The quantitative estimate of drug-likeness (QED) is 0.442. The van der Waals surface area contributed by atoms with E-state index < -0.39 is 5.41 Å². The Bertz CT molecular complexity index is 497. The van der Waals surface area contributed by atoms with Gasteiger partial charge in [-0.15, -0.1) is 0 Å². The zero-order valence-electron chi connectivity index (χ0n) is 14.2. The molecule has 0 aromatic carbocycles. The van der Waals surface area contributed by atoms with Gasteiger partial charge in [0, 0.05) is 0 Å². The van der Waals surface area contributed by atoms with Crippen LogP contribution in [0.25, 0.3) is 0 Å². The number of carbonyl (C=O) groups excluding carboxylic acids is 1. The Kier molecular flexibility index (Phi) is 4.19. The highest BCUT2D eigenvalue weighted by Gasteiger charge is 2.52. The maximum atomic E-state index is 11.7. The first kappa shape index (κ1) is 15.8. The highest BCUT2D eigenvalue weighted by atomic mass is 16.6. The van der Waals surface area contributed by atoms with Crippen LogP contribution in [0.15, 0.2) is 23.8 Å². The van der Waals surface area contributed by atoms with Crippen molar-refractivity contribution >= 4 is 5.97 Å². The molecule has 0 aromatic heterocycles. The Morgan fingerprint density at radius 2 is 2.05 bits per heavy atom. The first-order chi connectivity index (χ1) is 10.4. The second kappa shape index (κ2) is 5.84. The average Bonchev–Trinajstić information content (AvgIpc) is 3.08. The van der Waals surface area contributed by atoms with Gasteiger partial charge in [0.15, 0.2) is 0 Å². The first-order valence-corrected chi connectivity index (χ1v) is 8.52. The van der Waals surface area contributed by atoms with Gasteiger partial charge in [-0.3, -0.25) is 4.79 Å². The standard InChI is InChI=1S/C19H28O3/c1-12-16-10-13(17(12)15-7-5-6-14(15)16)11-21-8-9-22-18(20)19(2,3)4/h5,7,10,12,14-17H,6,8-9,11H2,1-4H3/t12-,14?,15?,16+,17-/m1/s1. The average molecular weight is 304 g/mol. The van der Waals surface area contributed by atoms with Gasteiger partial charge in [-0.05, 0) is 62.4 Å². The molecule has 0 aliphatic heterocycles. The van der Waals surface area contributed by atoms with Crippen molar-refractivity contribution in [2.45, 2.75) is 34.1 Å². The SMILES string of the molecule is C[C@@H]1[C@@H]2C=C(COCCOC(=O)C(C)(C)C)[C@@H]1C1C=CCC12. The van der Waals surface area contributed by atoms with Crippen LogP contribution < -0.4 is 0 Å². The summed E-state index contributed by atoms with van der Waals surface area (Å²) < 4.78 is 11.0. The molecule has 1 saturated carbocycles. The Morgan fingerprint density at radius 3 is 2.77 bits per heavy atom. The van der Waals surface area contributed by atoms with Crippen LogP contribution >= 0.6 is 0 Å². The summed E-state index contributed by atoms with van der Waals surface area (Å²) >= 11 is 0. The third-order valence-electron chi connectivity index (χ3n) is 5.52. The fourth-order valence-electron chi connectivity index (χ4n) is 4.43. The molecule has 0 amide bonds. The second-order valence-electron chi connectivity index (χ2n) is 8.05. The van der Waals surface area contributed by atoms with Gasteiger partial charge in [0.2, 0.25) is 0 Å². The molecule has 0 N–H and O–H groups in total. The van der Waals surface area contributed by atoms with Crippen molar-refractivity contribution in [1.82, 2.24) is 0 Å². The third kappa shape index (κ3) is 2.76. The van der Waals surface area contributed by atoms with Crippen LogP contribution in [0.1, 0.15) is 34.1 Å². The number of carbonyl (C=O) groups is 1. The molecule has 1 fully saturated rings. The van der Waals surface area contributed by atoms with E-state index in [1.165, 1.54) is 12.0 Å². The van der Waals surface area contributed by atoms with E-state index in [1.54, 1.807) is 0 Å². The molecule has 0 heterocycles. The van der Waals surface area contributed by atoms with Crippen molar-refractivity contribution < 1.29 is 14.3 Å². The van der Waals surface area contributed by atoms with E-state index in [0.29, 0.717) is 25.7 Å². The Morgan fingerprint density at radius 1 is 1.27 bits per heavy atom. The minimum absolute atomic E-state index is 0.164. The fourth-order valence-corrected chi connectivity index (χ4v) is 4.43. The van der Waals surface area contributed by atoms with Crippen LogP contribution in [0.3, 0.4) is 0 Å². The van der Waals surface area contributed by atoms with Crippen molar-refractivity contribution in [2.75, 3.05) is 19.8 Å². The molecule has 122 valence electrons. The molecule has 22 heavy (non-hydrogen) atoms. The lowest BCUT2D eigenvalue weighted by Crippen LogP contribution is -2.25. The summed E-state index contributed by atoms with van der Waals surface area (Å²) in [6.07, 6.45) is 8.49. The molecule has 5 atom stereocenters. The summed E-state index contributed by atoms with van der Waals surface area (Å²) in [6, 6.07) is 0. The summed E-state index contributed by atoms with van der Waals surface area (Å²) in [7, 11) is 0. The largest absolute Gasteiger partial charge is 0.463 e. The summed E-state index contributed by atoms with van der Waals surface area (Å²) in [6.45, 7) is 9.50. The molecule has 3 aliphatic rings. The number of rotatable bonds is 5. The number of ether oxygens (including phenoxy) is 2. The molecule has 3 rings (SSSR count). The third-order valence-corrected chi connectivity index (χ3v) is 5.52. The molecule has 2 bridgehead atoms. The van der Waals surface area contributed by atoms with E-state index in [1.807, 2.05) is 20.8 Å². The van der Waals surface area contributed by atoms with Gasteiger partial charge in [0.25, 0.3) is 0 Å². The monoisotopic (exact) mass is 304 g/mol. The lowest BCUT2D eigenvalue weighted by molar-refractivity contribution is -0.154. The molecular weight excluding hydrogens is 276 g/mol. The highest BCUT2D eigenvalue weighted by molar-refractivity contribution is 5.75. The zero-order valence-corrected chi connectivity index (χ0v) is 14.2. The normalized spacial score (nSPS) is 35.6. The maximum absolute atomic E-state index is 11.7. The minimum atomic E-state index is -0.438. The topological polar surface area (TPSA) is 35.5 Å². The first-order valence-electron chi connectivity index (χ1n) is 8.52. The van der Waals surface area contributed by atoms with Gasteiger partial charge in [-0.25, -0.2) is 0 Å². The molecule has 0 spiro atoms. The van der Waals surface area contributed by atoms with E-state index >= 15 is 0 Å². The number of allylic oxidation sites excluding steroid dienone is 3. The smallest absolute Gasteiger partial charge is 0.311 e. The Hall–Kier alpha value is -1.09. The number of hydrogen-bond acceptors (Lipinski definition) is 3. The zero-order chi connectivity index (χ0) is 15.9. The molecule has 3 nitrogen and oxygen atoms in total. The maximum Gasteiger partial charge on any atom is 0.311 e. The Balaban J connectivity index is 1.42. The van der Waals surface area contributed by atoms with Crippen LogP contribution in [0.4, 0.5) is 0 Å². The number of fused-ring (bicyclic) bond motifs is 5. The molecule has 0 radical (unpaired) electrons. The van der Waals surface area contributed by atoms with Crippen LogP contribution in [0.2, 0.25) is 0 Å². The summed E-state index contributed by atoms with van der Waals surface area (Å²) in [5.74, 6) is 3.59. The van der Waals surface area contributed by atoms with Crippen LogP contribution in [0.5, 0.6) is 0 Å². The summed E-state index contributed by atoms with van der Waals surface area (Å²) in [5.41, 5.74) is 1.03. The van der Waals surface area contributed by atoms with E-state index in [4.69, 9.17) is 9.47 Å². The molecular formula is C19H28O3. The predicted octanol–water partition coefficient (Wildman–Crippen LogP) is 3.61. The molecule has 3 heteroatoms. The van der Waals surface area contributed by atoms with Gasteiger partial charge in [-0.1, -0.05) is 25.2 Å². The van der Waals surface area contributed by atoms with Crippen molar-refractivity contribution in [3.05, 3.63) is 23.8 Å². The van der Waals surface area contributed by atoms with Gasteiger partial charge >= 0.3 is 5.97 Å². The van der Waals surface area contributed by atoms with Crippen molar-refractivity contribution in [1.29, 1.82) is 0 Å². The summed E-state index contributed by atoms with van der Waals surface area (Å²) in [4.78, 5) is 11.7. The molecule has 0 saturated heterocycles. The second-order valence-corrected chi connectivity index (χ2v) is 8.05. The predicted molar refractivity (Wildman–Crippen MR) is 86.2 cm³/mol. The van der Waals surface area contributed by atoms with Gasteiger partial charge in [0.1, 0.15) is 6.61 Å². The Labute approximate surface area is 133 Å². The van der Waals surface area contributed by atoms with Crippen molar-refractivity contribution in [2.24, 2.45) is 35.0 Å². The number of hydrogen-bond donors (Lipinski definition) is 0. The summed E-state index contributed by atoms with van der Waals surface area (Å²) in [5, 5.41) is 0. The van der Waals surface area contributed by atoms with Gasteiger partial charge in [-0.2, -0.15) is 0 Å². The van der Waals surface area contributed by atoms with E-state index in [0.717, 1.165) is 23.7 Å². The lowest BCUT2D eigenvalue weighted by Gasteiger charge is -2.25. The van der Waals surface area contributed by atoms with Crippen molar-refractivity contribution in [3.8, 4) is 0 Å². The lowest BCUT2D eigenvalue weighted by atomic mass is 9.82. The molecule has 0 aromatic rings. The van der Waals surface area contributed by atoms with Crippen LogP contribution in [0, 0.1) is 35.0 Å². The molecule has 3 aliphatic carbocycles. The van der Waals surface area contributed by atoms with Crippen LogP contribution in [-0.4, -0.2) is 25.8 Å². The van der Waals surface area contributed by atoms with E-state index in [9.17, 15) is 4.79 Å². The fraction of sp³-hybridized carbons (Fsp3) is 0.737. The highest BCUT2D eigenvalue weighted by Crippen LogP contribution is 2.58. The molecule has 2 unspecified atom stereocenters.